The summed E-state index contributed by atoms with van der Waals surface area (Å²) in [6, 6.07) is 13.6. The van der Waals surface area contributed by atoms with Crippen molar-refractivity contribution in [1.29, 1.82) is 0 Å². The smallest absolute Gasteiger partial charge is 0.166 e. The lowest BCUT2D eigenvalue weighted by Gasteiger charge is -2.23. The Kier molecular flexibility index (Phi) is 8.64. The van der Waals surface area contributed by atoms with Gasteiger partial charge in [0.1, 0.15) is 0 Å². The van der Waals surface area contributed by atoms with Crippen LogP contribution in [0.2, 0.25) is 5.02 Å². The number of nitrogens with zero attached hydrogens (tertiary/aromatic N) is 1. The maximum Gasteiger partial charge on any atom is 0.166 e. The van der Waals surface area contributed by atoms with E-state index in [4.69, 9.17) is 44.8 Å². The second kappa shape index (κ2) is 11.0. The molecule has 0 aliphatic heterocycles. The van der Waals surface area contributed by atoms with E-state index in [0.29, 0.717) is 42.9 Å². The predicted molar refractivity (Wildman–Crippen MR) is 115 cm³/mol. The molecule has 0 saturated heterocycles. The van der Waals surface area contributed by atoms with Crippen LogP contribution in [0.5, 0.6) is 11.5 Å². The van der Waals surface area contributed by atoms with Gasteiger partial charge in [0.2, 0.25) is 0 Å². The molecule has 27 heavy (non-hydrogen) atoms. The molecular formula is C20H26ClN3O2S. The number of methoxy groups -OCH3 is 1. The van der Waals surface area contributed by atoms with Gasteiger partial charge in [-0.3, -0.25) is 0 Å². The highest BCUT2D eigenvalue weighted by molar-refractivity contribution is 7.80. The molecule has 146 valence electrons. The number of rotatable bonds is 10. The van der Waals surface area contributed by atoms with Crippen molar-refractivity contribution in [1.82, 2.24) is 4.90 Å². The normalized spacial score (nSPS) is 10.5. The van der Waals surface area contributed by atoms with E-state index in [1.165, 1.54) is 5.56 Å². The van der Waals surface area contributed by atoms with Crippen LogP contribution in [0.3, 0.4) is 0 Å². The Balaban J connectivity index is 2.02. The van der Waals surface area contributed by atoms with Gasteiger partial charge in [0.15, 0.2) is 16.6 Å². The highest BCUT2D eigenvalue weighted by atomic mass is 35.5. The van der Waals surface area contributed by atoms with Crippen molar-refractivity contribution in [2.75, 3.05) is 26.8 Å². The number of hydrogen-bond donors (Lipinski definition) is 2. The summed E-state index contributed by atoms with van der Waals surface area (Å²) in [6.45, 7) is 2.47. The van der Waals surface area contributed by atoms with Gasteiger partial charge in [-0.05, 0) is 67.0 Å². The second-order valence-electron chi connectivity index (χ2n) is 6.11. The molecule has 0 saturated carbocycles. The molecule has 2 aromatic rings. The van der Waals surface area contributed by atoms with Gasteiger partial charge in [-0.1, -0.05) is 29.8 Å². The summed E-state index contributed by atoms with van der Waals surface area (Å²) in [6.07, 6.45) is 1.62. The van der Waals surface area contributed by atoms with Crippen molar-refractivity contribution in [3.63, 3.8) is 0 Å². The summed E-state index contributed by atoms with van der Waals surface area (Å²) in [4.78, 5) is 1.97. The number of hydrogen-bond acceptors (Lipinski definition) is 4. The third kappa shape index (κ3) is 6.90. The highest BCUT2D eigenvalue weighted by Gasteiger charge is 2.11. The first kappa shape index (κ1) is 21.3. The van der Waals surface area contributed by atoms with Crippen molar-refractivity contribution in [3.8, 4) is 11.5 Å². The first-order chi connectivity index (χ1) is 13.0. The summed E-state index contributed by atoms with van der Waals surface area (Å²) in [5, 5.41) is 1.09. The van der Waals surface area contributed by atoms with E-state index in [1.807, 2.05) is 47.4 Å². The SMILES string of the molecule is COc1cc(CN(CCc2ccc(Cl)cc2)C(N)=S)ccc1OCCCN. The van der Waals surface area contributed by atoms with Crippen LogP contribution in [0.15, 0.2) is 42.5 Å². The molecule has 0 aliphatic rings. The maximum atomic E-state index is 5.93. The van der Waals surface area contributed by atoms with Crippen molar-refractivity contribution < 1.29 is 9.47 Å². The molecule has 0 bridgehead atoms. The molecule has 0 amide bonds. The molecule has 0 radical (unpaired) electrons. The molecule has 0 fully saturated rings. The Labute approximate surface area is 171 Å². The lowest BCUT2D eigenvalue weighted by atomic mass is 10.1. The van der Waals surface area contributed by atoms with Crippen molar-refractivity contribution in [3.05, 3.63) is 58.6 Å². The van der Waals surface area contributed by atoms with Gasteiger partial charge >= 0.3 is 0 Å². The zero-order valence-corrected chi connectivity index (χ0v) is 17.1. The Morgan fingerprint density at radius 1 is 1.11 bits per heavy atom. The van der Waals surface area contributed by atoms with Crippen LogP contribution >= 0.6 is 23.8 Å². The fourth-order valence-corrected chi connectivity index (χ4v) is 2.88. The van der Waals surface area contributed by atoms with Crippen LogP contribution in [0, 0.1) is 0 Å². The Morgan fingerprint density at radius 3 is 2.44 bits per heavy atom. The molecule has 4 N–H and O–H groups in total. The zero-order valence-electron chi connectivity index (χ0n) is 15.5. The highest BCUT2D eigenvalue weighted by Crippen LogP contribution is 2.28. The number of ether oxygens (including phenoxy) is 2. The monoisotopic (exact) mass is 407 g/mol. The van der Waals surface area contributed by atoms with Gasteiger partial charge in [0.05, 0.1) is 13.7 Å². The fourth-order valence-electron chi connectivity index (χ4n) is 2.60. The topological polar surface area (TPSA) is 73.7 Å². The summed E-state index contributed by atoms with van der Waals surface area (Å²) in [7, 11) is 1.63. The van der Waals surface area contributed by atoms with Gasteiger partial charge in [-0.2, -0.15) is 0 Å². The molecule has 0 spiro atoms. The van der Waals surface area contributed by atoms with Crippen molar-refractivity contribution >= 4 is 28.9 Å². The first-order valence-electron chi connectivity index (χ1n) is 8.82. The molecule has 2 aromatic carbocycles. The van der Waals surface area contributed by atoms with E-state index >= 15 is 0 Å². The van der Waals surface area contributed by atoms with Gasteiger partial charge in [-0.25, -0.2) is 0 Å². The summed E-state index contributed by atoms with van der Waals surface area (Å²) < 4.78 is 11.2. The van der Waals surface area contributed by atoms with Gasteiger partial charge in [0.25, 0.3) is 0 Å². The van der Waals surface area contributed by atoms with E-state index in [0.717, 1.165) is 23.4 Å². The lowest BCUT2D eigenvalue weighted by Crippen LogP contribution is -2.36. The largest absolute Gasteiger partial charge is 0.493 e. The van der Waals surface area contributed by atoms with E-state index in [2.05, 4.69) is 0 Å². The number of benzene rings is 2. The lowest BCUT2D eigenvalue weighted by molar-refractivity contribution is 0.291. The molecule has 5 nitrogen and oxygen atoms in total. The van der Waals surface area contributed by atoms with Crippen LogP contribution in [0.1, 0.15) is 17.5 Å². The van der Waals surface area contributed by atoms with Crippen LogP contribution < -0.4 is 20.9 Å². The molecule has 2 rings (SSSR count). The Hall–Kier alpha value is -2.02. The molecule has 0 heterocycles. The minimum Gasteiger partial charge on any atom is -0.493 e. The molecule has 0 aromatic heterocycles. The Morgan fingerprint density at radius 2 is 1.81 bits per heavy atom. The Bertz CT molecular complexity index is 741. The molecular weight excluding hydrogens is 382 g/mol. The summed E-state index contributed by atoms with van der Waals surface area (Å²) in [5.74, 6) is 1.39. The molecule has 0 atom stereocenters. The predicted octanol–water partition coefficient (Wildman–Crippen LogP) is 3.36. The first-order valence-corrected chi connectivity index (χ1v) is 9.60. The minimum absolute atomic E-state index is 0.367. The summed E-state index contributed by atoms with van der Waals surface area (Å²) >= 11 is 11.2. The molecule has 0 aliphatic carbocycles. The minimum atomic E-state index is 0.367. The zero-order chi connectivity index (χ0) is 19.6. The summed E-state index contributed by atoms with van der Waals surface area (Å²) in [5.41, 5.74) is 13.6. The van der Waals surface area contributed by atoms with Crippen LogP contribution in [-0.2, 0) is 13.0 Å². The van der Waals surface area contributed by atoms with Crippen molar-refractivity contribution in [2.45, 2.75) is 19.4 Å². The average molecular weight is 408 g/mol. The van der Waals surface area contributed by atoms with E-state index in [9.17, 15) is 0 Å². The second-order valence-corrected chi connectivity index (χ2v) is 6.97. The van der Waals surface area contributed by atoms with E-state index < -0.39 is 0 Å². The third-order valence-electron chi connectivity index (χ3n) is 4.10. The maximum absolute atomic E-state index is 5.93. The van der Waals surface area contributed by atoms with Crippen molar-refractivity contribution in [2.24, 2.45) is 11.5 Å². The van der Waals surface area contributed by atoms with Crippen LogP contribution in [-0.4, -0.2) is 36.8 Å². The average Bonchev–Trinajstić information content (AvgIpc) is 2.67. The van der Waals surface area contributed by atoms with Gasteiger partial charge in [0, 0.05) is 18.1 Å². The van der Waals surface area contributed by atoms with Crippen LogP contribution in [0.25, 0.3) is 0 Å². The quantitative estimate of drug-likeness (QED) is 0.464. The number of thiocarbonyl (C=S) groups is 1. The van der Waals surface area contributed by atoms with Crippen LogP contribution in [0.4, 0.5) is 0 Å². The number of halogens is 1. The van der Waals surface area contributed by atoms with E-state index in [-0.39, 0.29) is 0 Å². The van der Waals surface area contributed by atoms with Gasteiger partial charge < -0.3 is 25.8 Å². The fraction of sp³-hybridized carbons (Fsp3) is 0.350. The standard InChI is InChI=1S/C20H26ClN3O2S/c1-25-19-13-16(5-8-18(19)26-12-2-10-22)14-24(20(23)27)11-9-15-3-6-17(21)7-4-15/h3-8,13H,2,9-12,14,22H2,1H3,(H2,23,27). The van der Waals surface area contributed by atoms with E-state index in [1.54, 1.807) is 7.11 Å². The molecule has 0 unspecified atom stereocenters. The third-order valence-corrected chi connectivity index (χ3v) is 4.61. The number of nitrogens with two attached hydrogens (primary N) is 2. The van der Waals surface area contributed by atoms with Gasteiger partial charge in [-0.15, -0.1) is 0 Å². The molecule has 7 heteroatoms.